The molecule has 4 bridgehead atoms. The van der Waals surface area contributed by atoms with Gasteiger partial charge in [-0.25, -0.2) is 9.38 Å². The summed E-state index contributed by atoms with van der Waals surface area (Å²) >= 11 is 0. The Morgan fingerprint density at radius 2 is 2.06 bits per heavy atom. The van der Waals surface area contributed by atoms with E-state index in [1.807, 2.05) is 0 Å². The van der Waals surface area contributed by atoms with Crippen molar-refractivity contribution in [2.75, 3.05) is 0 Å². The number of nitrogens with zero attached hydrogens (tertiary/aromatic N) is 1. The molecule has 98 valence electrons. The number of carbonyl (C=O) groups excluding carboxylic acids is 1. The smallest absolute Gasteiger partial charge is 0.264 e. The SMILES string of the molecule is O=C1C=NC(NC23CC4CC(CC(F)(C4)C2)C3)N1. The zero-order valence-electron chi connectivity index (χ0n) is 10.3. The molecule has 5 aliphatic rings. The lowest BCUT2D eigenvalue weighted by atomic mass is 9.51. The van der Waals surface area contributed by atoms with E-state index in [-0.39, 0.29) is 17.7 Å². The molecule has 0 saturated heterocycles. The Bertz CT molecular complexity index is 422. The first-order chi connectivity index (χ1) is 8.54. The molecule has 2 N–H and O–H groups in total. The van der Waals surface area contributed by atoms with Gasteiger partial charge in [0.1, 0.15) is 5.67 Å². The maximum atomic E-state index is 14.7. The molecule has 1 aliphatic heterocycles. The van der Waals surface area contributed by atoms with Crippen molar-refractivity contribution in [3.8, 4) is 0 Å². The van der Waals surface area contributed by atoms with Crippen LogP contribution in [-0.2, 0) is 4.79 Å². The first-order valence-corrected chi connectivity index (χ1v) is 6.85. The van der Waals surface area contributed by atoms with Gasteiger partial charge in [0.15, 0.2) is 6.29 Å². The van der Waals surface area contributed by atoms with E-state index in [0.717, 1.165) is 25.7 Å². The van der Waals surface area contributed by atoms with E-state index in [2.05, 4.69) is 15.6 Å². The van der Waals surface area contributed by atoms with Crippen LogP contribution in [0.15, 0.2) is 4.99 Å². The molecule has 4 saturated carbocycles. The van der Waals surface area contributed by atoms with Gasteiger partial charge in [0.2, 0.25) is 0 Å². The number of alkyl halides is 1. The summed E-state index contributed by atoms with van der Waals surface area (Å²) in [5.41, 5.74) is -1.11. The van der Waals surface area contributed by atoms with Crippen LogP contribution in [0.3, 0.4) is 0 Å². The number of nitrogens with one attached hydrogen (secondary N) is 2. The third-order valence-corrected chi connectivity index (χ3v) is 5.05. The molecule has 5 heteroatoms. The van der Waals surface area contributed by atoms with E-state index in [1.165, 1.54) is 12.6 Å². The summed E-state index contributed by atoms with van der Waals surface area (Å²) in [5, 5.41) is 6.16. The highest BCUT2D eigenvalue weighted by Gasteiger charge is 2.58. The Labute approximate surface area is 105 Å². The van der Waals surface area contributed by atoms with Crippen molar-refractivity contribution in [2.24, 2.45) is 16.8 Å². The second kappa shape index (κ2) is 3.32. The van der Waals surface area contributed by atoms with Gasteiger partial charge in [0, 0.05) is 5.54 Å². The minimum Gasteiger partial charge on any atom is -0.317 e. The summed E-state index contributed by atoms with van der Waals surface area (Å²) in [6, 6.07) is 0. The number of hydrogen-bond donors (Lipinski definition) is 2. The molecule has 4 nitrogen and oxygen atoms in total. The van der Waals surface area contributed by atoms with E-state index in [4.69, 9.17) is 0 Å². The summed E-state index contributed by atoms with van der Waals surface area (Å²) in [5.74, 6) is 0.877. The molecule has 0 radical (unpaired) electrons. The minimum absolute atomic E-state index is 0.140. The molecule has 4 aliphatic carbocycles. The standard InChI is InChI=1S/C13H18FN3O/c14-12-2-8-1-9(3-12)5-13(4-8,7-12)17-11-15-6-10(18)16-11/h6,8-9,11,17H,1-5,7H2,(H,16,18). The molecule has 0 spiro atoms. The summed E-state index contributed by atoms with van der Waals surface area (Å²) in [6.45, 7) is 0. The second-order valence-corrected chi connectivity index (χ2v) is 6.73. The predicted octanol–water partition coefficient (Wildman–Crippen LogP) is 1.12. The van der Waals surface area contributed by atoms with Gasteiger partial charge in [-0.05, 0) is 50.4 Å². The molecule has 3 atom stereocenters. The van der Waals surface area contributed by atoms with Crippen LogP contribution in [0, 0.1) is 11.8 Å². The normalized spacial score (nSPS) is 52.9. The molecule has 0 aromatic carbocycles. The molecule has 0 aromatic heterocycles. The van der Waals surface area contributed by atoms with E-state index < -0.39 is 5.67 Å². The molecule has 5 rings (SSSR count). The average Bonchev–Trinajstić information content (AvgIpc) is 2.58. The Morgan fingerprint density at radius 1 is 1.33 bits per heavy atom. The van der Waals surface area contributed by atoms with Crippen molar-refractivity contribution in [3.05, 3.63) is 0 Å². The Morgan fingerprint density at radius 3 is 2.61 bits per heavy atom. The highest BCUT2D eigenvalue weighted by atomic mass is 19.1. The molecule has 1 amide bonds. The number of carbonyl (C=O) groups is 1. The summed E-state index contributed by atoms with van der Waals surface area (Å²) in [6.07, 6.45) is 6.31. The minimum atomic E-state index is -0.969. The summed E-state index contributed by atoms with van der Waals surface area (Å²) in [4.78, 5) is 15.2. The van der Waals surface area contributed by atoms with Gasteiger partial charge >= 0.3 is 0 Å². The molecular formula is C13H18FN3O. The van der Waals surface area contributed by atoms with Crippen molar-refractivity contribution < 1.29 is 9.18 Å². The van der Waals surface area contributed by atoms with Crippen molar-refractivity contribution >= 4 is 12.1 Å². The molecule has 3 unspecified atom stereocenters. The van der Waals surface area contributed by atoms with E-state index in [0.29, 0.717) is 18.3 Å². The van der Waals surface area contributed by atoms with Crippen LogP contribution in [0.5, 0.6) is 0 Å². The third kappa shape index (κ3) is 1.60. The van der Waals surface area contributed by atoms with Crippen molar-refractivity contribution in [3.63, 3.8) is 0 Å². The monoisotopic (exact) mass is 251 g/mol. The Kier molecular flexibility index (Phi) is 2.01. The van der Waals surface area contributed by atoms with Crippen molar-refractivity contribution in [1.82, 2.24) is 10.6 Å². The van der Waals surface area contributed by atoms with Gasteiger partial charge in [-0.3, -0.25) is 10.1 Å². The van der Waals surface area contributed by atoms with E-state index >= 15 is 0 Å². The number of rotatable bonds is 2. The Balaban J connectivity index is 1.56. The maximum absolute atomic E-state index is 14.7. The van der Waals surface area contributed by atoms with Gasteiger partial charge in [0.25, 0.3) is 5.91 Å². The van der Waals surface area contributed by atoms with Crippen LogP contribution in [0.1, 0.15) is 38.5 Å². The van der Waals surface area contributed by atoms with Crippen LogP contribution >= 0.6 is 0 Å². The van der Waals surface area contributed by atoms with Gasteiger partial charge in [-0.15, -0.1) is 0 Å². The lowest BCUT2D eigenvalue weighted by Crippen LogP contribution is -2.66. The number of amides is 1. The molecular weight excluding hydrogens is 233 g/mol. The lowest BCUT2D eigenvalue weighted by Gasteiger charge is -2.59. The van der Waals surface area contributed by atoms with Gasteiger partial charge in [0.05, 0.1) is 6.21 Å². The first kappa shape index (κ1) is 10.9. The molecule has 1 heterocycles. The second-order valence-electron chi connectivity index (χ2n) is 6.73. The van der Waals surface area contributed by atoms with Crippen LogP contribution in [0.4, 0.5) is 4.39 Å². The third-order valence-electron chi connectivity index (χ3n) is 5.05. The van der Waals surface area contributed by atoms with Gasteiger partial charge in [-0.2, -0.15) is 0 Å². The number of hydrogen-bond acceptors (Lipinski definition) is 3. The van der Waals surface area contributed by atoms with Crippen LogP contribution < -0.4 is 10.6 Å². The summed E-state index contributed by atoms with van der Waals surface area (Å²) < 4.78 is 14.7. The fraction of sp³-hybridized carbons (Fsp3) is 0.846. The maximum Gasteiger partial charge on any atom is 0.264 e. The highest BCUT2D eigenvalue weighted by Crippen LogP contribution is 2.59. The van der Waals surface area contributed by atoms with Crippen LogP contribution in [-0.4, -0.2) is 29.6 Å². The van der Waals surface area contributed by atoms with E-state index in [9.17, 15) is 9.18 Å². The largest absolute Gasteiger partial charge is 0.317 e. The van der Waals surface area contributed by atoms with Crippen molar-refractivity contribution in [2.45, 2.75) is 56.0 Å². The predicted molar refractivity (Wildman–Crippen MR) is 64.8 cm³/mol. The first-order valence-electron chi connectivity index (χ1n) is 6.85. The fourth-order valence-electron chi connectivity index (χ4n) is 5.03. The molecule has 18 heavy (non-hydrogen) atoms. The van der Waals surface area contributed by atoms with Crippen LogP contribution in [0.2, 0.25) is 0 Å². The van der Waals surface area contributed by atoms with Crippen LogP contribution in [0.25, 0.3) is 0 Å². The molecule has 4 fully saturated rings. The fourth-order valence-corrected chi connectivity index (χ4v) is 5.03. The number of halogens is 1. The molecule has 0 aromatic rings. The quantitative estimate of drug-likeness (QED) is 0.772. The van der Waals surface area contributed by atoms with Crippen molar-refractivity contribution in [1.29, 1.82) is 0 Å². The topological polar surface area (TPSA) is 53.5 Å². The van der Waals surface area contributed by atoms with Gasteiger partial charge in [-0.1, -0.05) is 0 Å². The Hall–Kier alpha value is -0.970. The zero-order valence-corrected chi connectivity index (χ0v) is 10.3. The van der Waals surface area contributed by atoms with Gasteiger partial charge < -0.3 is 5.32 Å². The van der Waals surface area contributed by atoms with E-state index in [1.54, 1.807) is 0 Å². The summed E-state index contributed by atoms with van der Waals surface area (Å²) in [7, 11) is 0. The highest BCUT2D eigenvalue weighted by molar-refractivity contribution is 6.27. The number of aliphatic imine (C=N–C) groups is 1. The zero-order chi connectivity index (χ0) is 12.4. The average molecular weight is 251 g/mol. The lowest BCUT2D eigenvalue weighted by molar-refractivity contribution is -0.116.